The van der Waals surface area contributed by atoms with Gasteiger partial charge in [0.2, 0.25) is 0 Å². The number of aryl methyl sites for hydroxylation is 1. The summed E-state index contributed by atoms with van der Waals surface area (Å²) >= 11 is 0. The van der Waals surface area contributed by atoms with E-state index in [4.69, 9.17) is 0 Å². The van der Waals surface area contributed by atoms with E-state index in [0.29, 0.717) is 11.5 Å². The molecule has 0 radical (unpaired) electrons. The molecule has 0 heterocycles. The van der Waals surface area contributed by atoms with Gasteiger partial charge in [-0.15, -0.1) is 0 Å². The molecule has 0 N–H and O–H groups in total. The Balaban J connectivity index is 1.91. The van der Waals surface area contributed by atoms with Crippen LogP contribution < -0.4 is 0 Å². The van der Waals surface area contributed by atoms with Gasteiger partial charge in [0.25, 0.3) is 5.91 Å². The van der Waals surface area contributed by atoms with Crippen LogP contribution in [0.1, 0.15) is 56.0 Å². The van der Waals surface area contributed by atoms with Gasteiger partial charge in [-0.3, -0.25) is 4.79 Å². The van der Waals surface area contributed by atoms with Crippen molar-refractivity contribution in [1.82, 2.24) is 0 Å². The molecule has 1 aromatic carbocycles. The molecule has 1 aromatic rings. The van der Waals surface area contributed by atoms with Crippen molar-refractivity contribution in [3.05, 3.63) is 35.4 Å². The average Bonchev–Trinajstić information content (AvgIpc) is 2.72. The van der Waals surface area contributed by atoms with Crippen LogP contribution in [0.15, 0.2) is 29.3 Å². The molecule has 0 spiro atoms. The predicted molar refractivity (Wildman–Crippen MR) is 82.2 cm³/mol. The molecule has 3 rings (SSSR count). The van der Waals surface area contributed by atoms with Crippen molar-refractivity contribution in [3.63, 3.8) is 0 Å². The van der Waals surface area contributed by atoms with Crippen molar-refractivity contribution in [3.8, 4) is 0 Å². The average molecular weight is 269 g/mol. The summed E-state index contributed by atoms with van der Waals surface area (Å²) in [7, 11) is 0. The molecular formula is C18H23NO. The van der Waals surface area contributed by atoms with E-state index in [-0.39, 0.29) is 16.7 Å². The van der Waals surface area contributed by atoms with Crippen LogP contribution in [0.25, 0.3) is 0 Å². The fourth-order valence-electron chi connectivity index (χ4n) is 3.98. The first-order valence-corrected chi connectivity index (χ1v) is 7.53. The van der Waals surface area contributed by atoms with Crippen molar-refractivity contribution in [2.24, 2.45) is 21.7 Å². The van der Waals surface area contributed by atoms with Gasteiger partial charge in [0.15, 0.2) is 0 Å². The standard InChI is InChI=1S/C18H23NO/c1-12-5-7-13(8-6-12)16(20)19-15-11-14-9-10-18(15,4)17(14,2)3/h5-8,14H,9-11H2,1-4H3/t14-,18+/m0/s1. The summed E-state index contributed by atoms with van der Waals surface area (Å²) in [4.78, 5) is 16.9. The van der Waals surface area contributed by atoms with Crippen molar-refractivity contribution in [2.75, 3.05) is 0 Å². The Kier molecular flexibility index (Phi) is 2.89. The lowest BCUT2D eigenvalue weighted by molar-refractivity contribution is 0.100. The Hall–Kier alpha value is -1.44. The largest absolute Gasteiger partial charge is 0.276 e. The highest BCUT2D eigenvalue weighted by molar-refractivity contribution is 6.07. The quantitative estimate of drug-likeness (QED) is 0.742. The monoisotopic (exact) mass is 269 g/mol. The summed E-state index contributed by atoms with van der Waals surface area (Å²) in [5.74, 6) is 0.613. The summed E-state index contributed by atoms with van der Waals surface area (Å²) in [6.45, 7) is 8.99. The summed E-state index contributed by atoms with van der Waals surface area (Å²) in [5.41, 5.74) is 3.39. The van der Waals surface area contributed by atoms with Crippen LogP contribution in [-0.4, -0.2) is 11.6 Å². The molecule has 2 bridgehead atoms. The number of carbonyl (C=O) groups is 1. The van der Waals surface area contributed by atoms with E-state index in [9.17, 15) is 4.79 Å². The predicted octanol–water partition coefficient (Wildman–Crippen LogP) is 4.42. The minimum absolute atomic E-state index is 0.0791. The zero-order valence-corrected chi connectivity index (χ0v) is 12.9. The first kappa shape index (κ1) is 13.5. The highest BCUT2D eigenvalue weighted by Gasteiger charge is 2.59. The number of benzene rings is 1. The van der Waals surface area contributed by atoms with Gasteiger partial charge in [-0.2, -0.15) is 0 Å². The molecule has 2 saturated carbocycles. The fraction of sp³-hybridized carbons (Fsp3) is 0.556. The van der Waals surface area contributed by atoms with E-state index >= 15 is 0 Å². The third-order valence-corrected chi connectivity index (χ3v) is 6.05. The SMILES string of the molecule is Cc1ccc(C(=O)N=C2C[C@@H]3CC[C@@]2(C)C3(C)C)cc1. The van der Waals surface area contributed by atoms with Gasteiger partial charge in [0, 0.05) is 16.7 Å². The van der Waals surface area contributed by atoms with Gasteiger partial charge in [0.1, 0.15) is 0 Å². The van der Waals surface area contributed by atoms with E-state index in [1.807, 2.05) is 31.2 Å². The molecule has 2 heteroatoms. The van der Waals surface area contributed by atoms with E-state index in [0.717, 1.165) is 12.1 Å². The van der Waals surface area contributed by atoms with Crippen molar-refractivity contribution >= 4 is 11.6 Å². The van der Waals surface area contributed by atoms with E-state index in [1.165, 1.54) is 18.4 Å². The zero-order chi connectivity index (χ0) is 14.5. The summed E-state index contributed by atoms with van der Waals surface area (Å²) in [5, 5.41) is 0. The number of hydrogen-bond acceptors (Lipinski definition) is 1. The lowest BCUT2D eigenvalue weighted by Gasteiger charge is -2.34. The van der Waals surface area contributed by atoms with Crippen molar-refractivity contribution in [2.45, 2.75) is 47.0 Å². The maximum absolute atomic E-state index is 12.4. The smallest absolute Gasteiger partial charge is 0.267 e. The summed E-state index contributed by atoms with van der Waals surface area (Å²) in [6, 6.07) is 7.70. The van der Waals surface area contributed by atoms with Crippen molar-refractivity contribution < 1.29 is 4.79 Å². The van der Waals surface area contributed by atoms with Gasteiger partial charge < -0.3 is 0 Å². The molecule has 0 saturated heterocycles. The number of rotatable bonds is 1. The fourth-order valence-corrected chi connectivity index (χ4v) is 3.98. The van der Waals surface area contributed by atoms with Gasteiger partial charge in [-0.25, -0.2) is 4.99 Å². The lowest BCUT2D eigenvalue weighted by Crippen LogP contribution is -2.33. The second-order valence-corrected chi connectivity index (χ2v) is 7.22. The normalized spacial score (nSPS) is 32.8. The summed E-state index contributed by atoms with van der Waals surface area (Å²) in [6.07, 6.45) is 3.45. The first-order chi connectivity index (χ1) is 9.34. The molecule has 106 valence electrons. The molecule has 2 nitrogen and oxygen atoms in total. The summed E-state index contributed by atoms with van der Waals surface area (Å²) < 4.78 is 0. The molecule has 20 heavy (non-hydrogen) atoms. The van der Waals surface area contributed by atoms with Crippen LogP contribution in [0.3, 0.4) is 0 Å². The number of fused-ring (bicyclic) bond motifs is 2. The van der Waals surface area contributed by atoms with Gasteiger partial charge >= 0.3 is 0 Å². The molecule has 0 unspecified atom stereocenters. The van der Waals surface area contributed by atoms with Gasteiger partial charge in [-0.05, 0) is 49.7 Å². The molecule has 0 aromatic heterocycles. The second-order valence-electron chi connectivity index (χ2n) is 7.22. The molecule has 1 amide bonds. The topological polar surface area (TPSA) is 29.4 Å². The number of aliphatic imine (C=N–C) groups is 1. The maximum Gasteiger partial charge on any atom is 0.276 e. The van der Waals surface area contributed by atoms with Gasteiger partial charge in [-0.1, -0.05) is 38.5 Å². The zero-order valence-electron chi connectivity index (χ0n) is 12.9. The Bertz CT molecular complexity index is 582. The molecule has 2 fully saturated rings. The van der Waals surface area contributed by atoms with Crippen LogP contribution >= 0.6 is 0 Å². The van der Waals surface area contributed by atoms with E-state index in [2.05, 4.69) is 25.8 Å². The third-order valence-electron chi connectivity index (χ3n) is 6.05. The minimum Gasteiger partial charge on any atom is -0.267 e. The number of nitrogens with zero attached hydrogens (tertiary/aromatic N) is 1. The molecule has 2 atom stereocenters. The van der Waals surface area contributed by atoms with Crippen LogP contribution in [0.5, 0.6) is 0 Å². The Morgan fingerprint density at radius 2 is 1.85 bits per heavy atom. The van der Waals surface area contributed by atoms with Crippen LogP contribution in [0.2, 0.25) is 0 Å². The molecule has 2 aliphatic carbocycles. The molecule has 2 aliphatic rings. The highest BCUT2D eigenvalue weighted by atomic mass is 16.1. The third kappa shape index (κ3) is 1.77. The highest BCUT2D eigenvalue weighted by Crippen LogP contribution is 2.64. The van der Waals surface area contributed by atoms with E-state index < -0.39 is 0 Å². The number of carbonyl (C=O) groups excluding carboxylic acids is 1. The Morgan fingerprint density at radius 1 is 1.20 bits per heavy atom. The molecular weight excluding hydrogens is 246 g/mol. The van der Waals surface area contributed by atoms with Crippen LogP contribution in [0.4, 0.5) is 0 Å². The lowest BCUT2D eigenvalue weighted by atomic mass is 9.70. The van der Waals surface area contributed by atoms with E-state index in [1.54, 1.807) is 0 Å². The number of amides is 1. The Morgan fingerprint density at radius 3 is 2.35 bits per heavy atom. The Labute approximate surface area is 121 Å². The first-order valence-electron chi connectivity index (χ1n) is 7.53. The van der Waals surface area contributed by atoms with Crippen molar-refractivity contribution in [1.29, 1.82) is 0 Å². The van der Waals surface area contributed by atoms with Gasteiger partial charge in [0.05, 0.1) is 0 Å². The number of hydrogen-bond donors (Lipinski definition) is 0. The van der Waals surface area contributed by atoms with Crippen LogP contribution in [-0.2, 0) is 0 Å². The molecule has 0 aliphatic heterocycles. The van der Waals surface area contributed by atoms with Crippen LogP contribution in [0, 0.1) is 23.7 Å². The minimum atomic E-state index is -0.0791. The second kappa shape index (κ2) is 4.28. The maximum atomic E-state index is 12.4.